The Bertz CT molecular complexity index is 1090. The Balaban J connectivity index is 2.40. The minimum atomic E-state index is -4.72. The van der Waals surface area contributed by atoms with Crippen molar-refractivity contribution in [1.82, 2.24) is 10.3 Å². The number of benzene rings is 1. The third-order valence-electron chi connectivity index (χ3n) is 4.84. The molecule has 176 valence electrons. The van der Waals surface area contributed by atoms with Gasteiger partial charge in [-0.25, -0.2) is 8.42 Å². The normalized spacial score (nSPS) is 13.2. The number of halogens is 3. The number of hydrogen-bond acceptors (Lipinski definition) is 5. The van der Waals surface area contributed by atoms with E-state index in [2.05, 4.69) is 10.3 Å². The van der Waals surface area contributed by atoms with Crippen LogP contribution in [0.3, 0.4) is 0 Å². The lowest BCUT2D eigenvalue weighted by Crippen LogP contribution is -2.53. The Hall–Kier alpha value is -2.62. The van der Waals surface area contributed by atoms with Crippen molar-refractivity contribution < 1.29 is 31.1 Å². The molecule has 0 spiro atoms. The maximum atomic E-state index is 13.1. The Morgan fingerprint density at radius 2 is 1.69 bits per heavy atom. The fourth-order valence-corrected chi connectivity index (χ4v) is 4.38. The van der Waals surface area contributed by atoms with E-state index in [1.165, 1.54) is 6.20 Å². The fraction of sp³-hybridized carbons (Fsp3) is 0.455. The minimum Gasteiger partial charge on any atom is -0.489 e. The summed E-state index contributed by atoms with van der Waals surface area (Å²) in [6, 6.07) is 6.69. The SMILES string of the molecule is CC(C)Oc1cccnc1C(C)(C)NC(=O)C(C)(C)S(=O)(=O)c1cccc(C(F)(F)F)c1. The molecule has 0 aliphatic rings. The molecule has 0 unspecified atom stereocenters. The summed E-state index contributed by atoms with van der Waals surface area (Å²) in [7, 11) is -4.47. The van der Waals surface area contributed by atoms with Crippen LogP contribution in [-0.2, 0) is 26.3 Å². The van der Waals surface area contributed by atoms with Crippen molar-refractivity contribution in [3.05, 3.63) is 53.9 Å². The minimum absolute atomic E-state index is 0.165. The van der Waals surface area contributed by atoms with Gasteiger partial charge in [-0.1, -0.05) is 6.07 Å². The summed E-state index contributed by atoms with van der Waals surface area (Å²) in [6.45, 7) is 9.22. The lowest BCUT2D eigenvalue weighted by atomic mass is 9.97. The number of amides is 1. The molecule has 1 heterocycles. The number of ether oxygens (including phenoxy) is 1. The second kappa shape index (κ2) is 8.73. The summed E-state index contributed by atoms with van der Waals surface area (Å²) in [6.07, 6.45) is -3.37. The van der Waals surface area contributed by atoms with Crippen LogP contribution in [0.15, 0.2) is 47.5 Å². The highest BCUT2D eigenvalue weighted by Crippen LogP contribution is 2.34. The van der Waals surface area contributed by atoms with Crippen molar-refractivity contribution in [3.63, 3.8) is 0 Å². The first-order valence-electron chi connectivity index (χ1n) is 9.87. The average molecular weight is 473 g/mol. The van der Waals surface area contributed by atoms with E-state index >= 15 is 0 Å². The van der Waals surface area contributed by atoms with Gasteiger partial charge in [0, 0.05) is 6.20 Å². The summed E-state index contributed by atoms with van der Waals surface area (Å²) in [4.78, 5) is 16.8. The Morgan fingerprint density at radius 1 is 1.06 bits per heavy atom. The number of nitrogens with zero attached hydrogens (tertiary/aromatic N) is 1. The molecule has 0 radical (unpaired) electrons. The van der Waals surface area contributed by atoms with Gasteiger partial charge in [0.1, 0.15) is 16.2 Å². The van der Waals surface area contributed by atoms with E-state index in [0.29, 0.717) is 17.5 Å². The van der Waals surface area contributed by atoms with E-state index < -0.39 is 42.7 Å². The Kier molecular flexibility index (Phi) is 6.99. The fourth-order valence-electron chi connectivity index (χ4n) is 2.96. The van der Waals surface area contributed by atoms with E-state index in [-0.39, 0.29) is 6.10 Å². The standard InChI is InChI=1S/C22H27F3N2O4S/c1-14(2)31-17-11-8-12-26-18(17)20(3,4)27-19(28)21(5,6)32(29,30)16-10-7-9-15(13-16)22(23,24)25/h7-14H,1-6H3,(H,27,28). The van der Waals surface area contributed by atoms with Gasteiger partial charge in [0.2, 0.25) is 5.91 Å². The van der Waals surface area contributed by atoms with Gasteiger partial charge in [-0.3, -0.25) is 9.78 Å². The van der Waals surface area contributed by atoms with Crippen LogP contribution in [0.4, 0.5) is 13.2 Å². The van der Waals surface area contributed by atoms with Gasteiger partial charge in [-0.2, -0.15) is 13.2 Å². The highest BCUT2D eigenvalue weighted by molar-refractivity contribution is 7.93. The molecule has 0 bridgehead atoms. The van der Waals surface area contributed by atoms with E-state index in [1.54, 1.807) is 26.0 Å². The monoisotopic (exact) mass is 472 g/mol. The number of alkyl halides is 3. The van der Waals surface area contributed by atoms with Crippen molar-refractivity contribution in [2.24, 2.45) is 0 Å². The number of nitrogens with one attached hydrogen (secondary N) is 1. The molecule has 1 aromatic carbocycles. The average Bonchev–Trinajstić information content (AvgIpc) is 2.66. The third-order valence-corrected chi connectivity index (χ3v) is 7.25. The molecule has 1 aromatic heterocycles. The van der Waals surface area contributed by atoms with Crippen molar-refractivity contribution in [2.45, 2.75) is 69.0 Å². The molecule has 1 N–H and O–H groups in total. The number of hydrogen-bond donors (Lipinski definition) is 1. The second-order valence-electron chi connectivity index (χ2n) is 8.64. The van der Waals surface area contributed by atoms with E-state index in [0.717, 1.165) is 32.0 Å². The first kappa shape index (κ1) is 25.6. The van der Waals surface area contributed by atoms with Crippen LogP contribution in [0, 0.1) is 0 Å². The van der Waals surface area contributed by atoms with Crippen LogP contribution in [0.1, 0.15) is 52.8 Å². The van der Waals surface area contributed by atoms with Crippen molar-refractivity contribution in [1.29, 1.82) is 0 Å². The summed E-state index contributed by atoms with van der Waals surface area (Å²) in [5.74, 6) is -0.465. The molecule has 6 nitrogen and oxygen atoms in total. The largest absolute Gasteiger partial charge is 0.489 e. The van der Waals surface area contributed by atoms with E-state index in [4.69, 9.17) is 4.74 Å². The van der Waals surface area contributed by atoms with Crippen LogP contribution >= 0.6 is 0 Å². The van der Waals surface area contributed by atoms with Crippen LogP contribution in [0.5, 0.6) is 5.75 Å². The number of carbonyl (C=O) groups excluding carboxylic acids is 1. The zero-order valence-electron chi connectivity index (χ0n) is 18.7. The Morgan fingerprint density at radius 3 is 2.25 bits per heavy atom. The summed E-state index contributed by atoms with van der Waals surface area (Å²) >= 11 is 0. The predicted octanol–water partition coefficient (Wildman–Crippen LogP) is 4.49. The molecule has 0 aliphatic carbocycles. The van der Waals surface area contributed by atoms with Crippen LogP contribution in [-0.4, -0.2) is 30.2 Å². The predicted molar refractivity (Wildman–Crippen MR) is 114 cm³/mol. The first-order chi connectivity index (χ1) is 14.5. The van der Waals surface area contributed by atoms with E-state index in [9.17, 15) is 26.4 Å². The molecule has 10 heteroatoms. The van der Waals surface area contributed by atoms with Gasteiger partial charge in [0.05, 0.1) is 22.1 Å². The molecule has 0 atom stereocenters. The highest BCUT2D eigenvalue weighted by atomic mass is 32.2. The number of carbonyl (C=O) groups is 1. The van der Waals surface area contributed by atoms with E-state index in [1.807, 2.05) is 13.8 Å². The first-order valence-corrected chi connectivity index (χ1v) is 11.3. The number of pyridine rings is 1. The maximum absolute atomic E-state index is 13.1. The number of rotatable bonds is 7. The highest BCUT2D eigenvalue weighted by Gasteiger charge is 2.46. The van der Waals surface area contributed by atoms with Gasteiger partial charge in [0.25, 0.3) is 0 Å². The quantitative estimate of drug-likeness (QED) is 0.642. The Labute approximate surface area is 186 Å². The van der Waals surface area contributed by atoms with Crippen molar-refractivity contribution >= 4 is 15.7 Å². The lowest BCUT2D eigenvalue weighted by Gasteiger charge is -2.32. The van der Waals surface area contributed by atoms with Crippen molar-refractivity contribution in [2.75, 3.05) is 0 Å². The molecule has 2 rings (SSSR count). The molecule has 0 fully saturated rings. The molecule has 0 saturated carbocycles. The third kappa shape index (κ3) is 5.23. The molecular weight excluding hydrogens is 445 g/mol. The lowest BCUT2D eigenvalue weighted by molar-refractivity contribution is -0.137. The van der Waals surface area contributed by atoms with Gasteiger partial charge >= 0.3 is 6.18 Å². The zero-order chi connectivity index (χ0) is 24.5. The molecule has 0 aliphatic heterocycles. The summed E-state index contributed by atoms with van der Waals surface area (Å²) in [5, 5.41) is 2.66. The van der Waals surface area contributed by atoms with Gasteiger partial charge in [0.15, 0.2) is 9.84 Å². The van der Waals surface area contributed by atoms with Crippen molar-refractivity contribution in [3.8, 4) is 5.75 Å². The second-order valence-corrected chi connectivity index (χ2v) is 11.1. The molecule has 1 amide bonds. The molecular formula is C22H27F3N2O4S. The van der Waals surface area contributed by atoms with Gasteiger partial charge in [-0.15, -0.1) is 0 Å². The molecule has 0 saturated heterocycles. The van der Waals surface area contributed by atoms with Crippen LogP contribution in [0.25, 0.3) is 0 Å². The molecule has 32 heavy (non-hydrogen) atoms. The topological polar surface area (TPSA) is 85.4 Å². The van der Waals surface area contributed by atoms with Crippen LogP contribution in [0.2, 0.25) is 0 Å². The van der Waals surface area contributed by atoms with Gasteiger partial charge < -0.3 is 10.1 Å². The number of sulfone groups is 1. The maximum Gasteiger partial charge on any atom is 0.416 e. The number of aromatic nitrogens is 1. The van der Waals surface area contributed by atoms with Crippen LogP contribution < -0.4 is 10.1 Å². The summed E-state index contributed by atoms with van der Waals surface area (Å²) < 4.78 is 69.1. The smallest absolute Gasteiger partial charge is 0.416 e. The molecule has 2 aromatic rings. The zero-order valence-corrected chi connectivity index (χ0v) is 19.6. The summed E-state index contributed by atoms with van der Waals surface area (Å²) in [5.41, 5.74) is -1.86. The van der Waals surface area contributed by atoms with Gasteiger partial charge in [-0.05, 0) is 71.9 Å².